The van der Waals surface area contributed by atoms with Crippen molar-refractivity contribution in [3.8, 4) is 0 Å². The maximum absolute atomic E-state index is 14.8. The molecule has 10 amide bonds. The van der Waals surface area contributed by atoms with Crippen LogP contribution in [0.4, 0.5) is 15.3 Å². The monoisotopic (exact) mass is 1450 g/mol. The van der Waals surface area contributed by atoms with Crippen molar-refractivity contribution in [3.63, 3.8) is 0 Å². The molecule has 0 bridgehead atoms. The molecule has 103 heavy (non-hydrogen) atoms. The van der Waals surface area contributed by atoms with Crippen molar-refractivity contribution in [2.24, 2.45) is 35.3 Å². The van der Waals surface area contributed by atoms with Gasteiger partial charge in [-0.3, -0.25) is 43.3 Å². The highest BCUT2D eigenvalue weighted by atomic mass is 16.6. The van der Waals surface area contributed by atoms with E-state index >= 15 is 0 Å². The molecule has 0 radical (unpaired) electrons. The van der Waals surface area contributed by atoms with Gasteiger partial charge in [-0.1, -0.05) is 111 Å². The highest BCUT2D eigenvalue weighted by Crippen LogP contribution is 2.31. The van der Waals surface area contributed by atoms with Gasteiger partial charge in [-0.25, -0.2) is 9.59 Å². The van der Waals surface area contributed by atoms with E-state index in [0.29, 0.717) is 69.0 Å². The second kappa shape index (κ2) is 46.3. The predicted molar refractivity (Wildman–Crippen MR) is 387 cm³/mol. The minimum Gasteiger partial charge on any atom is -0.460 e. The Morgan fingerprint density at radius 2 is 1.25 bits per heavy atom. The number of aliphatic hydroxyl groups is 1. The van der Waals surface area contributed by atoms with Crippen molar-refractivity contribution < 1.29 is 90.9 Å². The summed E-state index contributed by atoms with van der Waals surface area (Å²) < 4.78 is 45.0. The zero-order valence-electron chi connectivity index (χ0n) is 64.0. The predicted octanol–water partition coefficient (Wildman–Crippen LogP) is 5.78. The molecule has 1 fully saturated rings. The molecule has 29 nitrogen and oxygen atoms in total. The Labute approximate surface area is 609 Å². The maximum atomic E-state index is 14.8. The van der Waals surface area contributed by atoms with Crippen molar-refractivity contribution in [1.82, 2.24) is 41.3 Å². The number of nitrogens with zero attached hydrogens (tertiary/aromatic N) is 3. The Morgan fingerprint density at radius 1 is 0.670 bits per heavy atom. The zero-order chi connectivity index (χ0) is 77.1. The molecule has 0 saturated carbocycles. The molecule has 12 atom stereocenters. The van der Waals surface area contributed by atoms with E-state index in [1.807, 2.05) is 32.0 Å². The summed E-state index contributed by atoms with van der Waals surface area (Å²) in [6.07, 6.45) is -0.999. The molecule has 1 unspecified atom stereocenters. The lowest BCUT2D eigenvalue weighted by atomic mass is 9.89. The summed E-state index contributed by atoms with van der Waals surface area (Å²) in [4.78, 5) is 140. The fourth-order valence-corrected chi connectivity index (χ4v) is 12.2. The Bertz CT molecular complexity index is 2940. The number of nitrogens with one attached hydrogen (secondary N) is 6. The molecule has 0 spiro atoms. The van der Waals surface area contributed by atoms with Gasteiger partial charge in [-0.05, 0) is 100 Å². The molecule has 1 aliphatic rings. The van der Waals surface area contributed by atoms with Crippen molar-refractivity contribution in [2.45, 2.75) is 214 Å². The number of nitrogens with two attached hydrogens (primary N) is 1. The molecular formula is C74H122N10O19. The number of methoxy groups -OCH3 is 2. The van der Waals surface area contributed by atoms with Gasteiger partial charge in [-0.2, -0.15) is 0 Å². The molecule has 9 N–H and O–H groups in total. The number of primary amides is 1. The molecule has 29 heteroatoms. The second-order valence-corrected chi connectivity index (χ2v) is 28.3. The van der Waals surface area contributed by atoms with Crippen LogP contribution in [0, 0.1) is 29.6 Å². The number of aliphatic hydroxyl groups excluding tert-OH is 1. The molecule has 1 heterocycles. The number of anilines is 1. The summed E-state index contributed by atoms with van der Waals surface area (Å²) in [6.45, 7) is 25.8. The number of ether oxygens (including phenoxy) is 8. The van der Waals surface area contributed by atoms with Gasteiger partial charge in [0.05, 0.1) is 108 Å². The molecule has 2 aromatic rings. The average Bonchev–Trinajstić information content (AvgIpc) is 1.55. The Balaban J connectivity index is 1.59. The van der Waals surface area contributed by atoms with Gasteiger partial charge < -0.3 is 90.4 Å². The lowest BCUT2D eigenvalue weighted by molar-refractivity contribution is -0.156. The third-order valence-corrected chi connectivity index (χ3v) is 18.0. The lowest BCUT2D eigenvalue weighted by Gasteiger charge is -2.41. The summed E-state index contributed by atoms with van der Waals surface area (Å²) in [6, 6.07) is 8.71. The number of esters is 1. The Kier molecular flexibility index (Phi) is 40.3. The summed E-state index contributed by atoms with van der Waals surface area (Å²) in [5.74, 6) is -5.70. The van der Waals surface area contributed by atoms with Crippen LogP contribution in [0.25, 0.3) is 0 Å². The summed E-state index contributed by atoms with van der Waals surface area (Å²) in [5, 5.41) is 27.6. The molecule has 582 valence electrons. The number of hydrogen-bond acceptors (Lipinski definition) is 19. The molecule has 1 saturated heterocycles. The zero-order valence-corrected chi connectivity index (χ0v) is 64.0. The van der Waals surface area contributed by atoms with Gasteiger partial charge in [0, 0.05) is 53.5 Å². The van der Waals surface area contributed by atoms with Gasteiger partial charge in [0.2, 0.25) is 41.4 Å². The van der Waals surface area contributed by atoms with Crippen molar-refractivity contribution in [1.29, 1.82) is 0 Å². The largest absolute Gasteiger partial charge is 0.460 e. The van der Waals surface area contributed by atoms with E-state index in [0.717, 1.165) is 0 Å². The number of carbonyl (C=O) groups excluding carboxylic acids is 10. The topological polar surface area (TPSA) is 373 Å². The van der Waals surface area contributed by atoms with Crippen LogP contribution in [0.1, 0.15) is 159 Å². The number of amides is 10. The first kappa shape index (κ1) is 89.7. The van der Waals surface area contributed by atoms with Crippen LogP contribution in [0.5, 0.6) is 0 Å². The number of likely N-dealkylation sites (tertiary alicyclic amines) is 1. The van der Waals surface area contributed by atoms with E-state index in [1.54, 1.807) is 129 Å². The molecule has 0 aliphatic carbocycles. The van der Waals surface area contributed by atoms with Gasteiger partial charge >= 0.3 is 18.1 Å². The first-order valence-corrected chi connectivity index (χ1v) is 36.1. The summed E-state index contributed by atoms with van der Waals surface area (Å²) in [7, 11) is 6.08. The van der Waals surface area contributed by atoms with Crippen LogP contribution in [0.2, 0.25) is 0 Å². The van der Waals surface area contributed by atoms with Crippen LogP contribution >= 0.6 is 0 Å². The number of rotatable bonds is 47. The highest BCUT2D eigenvalue weighted by molar-refractivity contribution is 5.98. The van der Waals surface area contributed by atoms with Crippen LogP contribution < -0.4 is 37.6 Å². The van der Waals surface area contributed by atoms with Gasteiger partial charge in [0.25, 0.3) is 0 Å². The van der Waals surface area contributed by atoms with Crippen LogP contribution in [0.3, 0.4) is 0 Å². The quantitative estimate of drug-likeness (QED) is 0.0287. The van der Waals surface area contributed by atoms with E-state index < -0.39 is 126 Å². The van der Waals surface area contributed by atoms with Gasteiger partial charge in [0.1, 0.15) is 36.4 Å². The number of hydrogen-bond donors (Lipinski definition) is 8. The van der Waals surface area contributed by atoms with Crippen molar-refractivity contribution >= 4 is 65.1 Å². The molecule has 2 aromatic carbocycles. The highest BCUT2D eigenvalue weighted by Gasteiger charge is 2.44. The van der Waals surface area contributed by atoms with Crippen LogP contribution in [-0.2, 0) is 82.9 Å². The van der Waals surface area contributed by atoms with E-state index in [1.165, 1.54) is 26.2 Å². The minimum absolute atomic E-state index is 0.0523. The third-order valence-electron chi connectivity index (χ3n) is 18.0. The minimum atomic E-state index is -1.12. The van der Waals surface area contributed by atoms with Crippen LogP contribution in [-0.4, -0.2) is 234 Å². The maximum Gasteiger partial charge on any atom is 0.410 e. The van der Waals surface area contributed by atoms with E-state index in [-0.39, 0.29) is 101 Å². The van der Waals surface area contributed by atoms with Crippen LogP contribution in [0.15, 0.2) is 54.6 Å². The van der Waals surface area contributed by atoms with Gasteiger partial charge in [0.15, 0.2) is 0 Å². The fourth-order valence-electron chi connectivity index (χ4n) is 12.2. The lowest BCUT2D eigenvalue weighted by Crippen LogP contribution is -2.60. The summed E-state index contributed by atoms with van der Waals surface area (Å²) in [5.41, 5.74) is 6.24. The molecule has 3 rings (SSSR count). The number of carbonyl (C=O) groups is 10. The SMILES string of the molecule is CC[C@H](C)[C@@H](C(CC(=O)N1CCC[C@H]1[C@H](OC)[C@@H](C)C(=O)N[C@H](C)[C@@H](O)c1ccccc1)OC)N(C)C(=O)[C@@H](NC(=O)[C@H](C(C)C)N(C)C(=O)OCc1ccc(NC(=O)[C@H](CCCNC(N)=O)NC(=O)[C@@H](NC(=O)CCOCCOCCOCCOCCC(=O)OC(C)(C)C)C(C)C)cc1)C(C)C. The standard InChI is InChI=1S/C74H122N10O19/c1-18-49(8)64(57(96-16)44-59(86)84-35-23-27-56(84)66(97-17)50(9)67(89)77-51(10)65(88)53-24-20-19-21-25-53)82(14)71(93)62(47(4)5)81-70(92)63(48(6)7)83(15)73(95)102-45-52-28-30-54(31-29-52)78-68(90)55(26-22-34-76-72(75)94)79-69(91)61(46(2)3)80-58(85)32-36-98-38-40-100-42-43-101-41-39-99-37-33-60(87)103-74(11,12)13/h19-21,24-25,28-31,46-51,55-57,61-66,88H,18,22-23,26-27,32-45H2,1-17H3,(H,77,89)(H,78,90)(H,79,91)(H,80,85)(H,81,92)(H3,75,76,94)/t49-,50+,51+,55-,56-,57?,61-,62-,63-,64-,65+,66+/m0/s1. The van der Waals surface area contributed by atoms with E-state index in [4.69, 9.17) is 43.6 Å². The Hall–Kier alpha value is -7.54. The van der Waals surface area contributed by atoms with Crippen molar-refractivity contribution in [3.05, 3.63) is 65.7 Å². The van der Waals surface area contributed by atoms with E-state index in [9.17, 15) is 53.1 Å². The summed E-state index contributed by atoms with van der Waals surface area (Å²) >= 11 is 0. The number of likely N-dealkylation sites (N-methyl/N-ethyl adjacent to an activating group) is 2. The van der Waals surface area contributed by atoms with Gasteiger partial charge in [-0.15, -0.1) is 0 Å². The number of urea groups is 1. The normalized spacial score (nSPS) is 16.4. The number of benzene rings is 2. The second-order valence-electron chi connectivity index (χ2n) is 28.3. The first-order chi connectivity index (χ1) is 48.7. The average molecular weight is 1460 g/mol. The fraction of sp³-hybridized carbons (Fsp3) is 0.703. The molecule has 1 aliphatic heterocycles. The Morgan fingerprint density at radius 3 is 1.79 bits per heavy atom. The van der Waals surface area contributed by atoms with Crippen molar-refractivity contribution in [2.75, 3.05) is 99.6 Å². The molecule has 0 aromatic heterocycles. The third kappa shape index (κ3) is 31.4. The molecular weight excluding hydrogens is 1330 g/mol. The smallest absolute Gasteiger partial charge is 0.410 e. The first-order valence-electron chi connectivity index (χ1n) is 36.1. The van der Waals surface area contributed by atoms with E-state index in [2.05, 4.69) is 31.9 Å².